The molecule has 1 heterocycles. The number of hydrogen-bond acceptors (Lipinski definition) is 3. The van der Waals surface area contributed by atoms with E-state index < -0.39 is 30.6 Å². The first-order valence-electron chi connectivity index (χ1n) is 8.83. The Kier molecular flexibility index (Phi) is 6.91. The van der Waals surface area contributed by atoms with Gasteiger partial charge in [-0.1, -0.05) is 57.6 Å². The molecule has 0 fully saturated rings. The van der Waals surface area contributed by atoms with Gasteiger partial charge in [-0.05, 0) is 18.6 Å². The number of nitrogens with zero attached hydrogens (tertiary/aromatic N) is 1. The van der Waals surface area contributed by atoms with Crippen LogP contribution in [-0.4, -0.2) is 40.6 Å². The average Bonchev–Trinajstić information content (AvgIpc) is 2.84. The molecule has 2 atom stereocenters. The highest BCUT2D eigenvalue weighted by atomic mass is 19.1. The predicted molar refractivity (Wildman–Crippen MR) is 90.7 cm³/mol. The molecule has 4 nitrogen and oxygen atoms in total. The lowest BCUT2D eigenvalue weighted by Gasteiger charge is -2.27. The minimum absolute atomic E-state index is 0.255. The molecular weight excluding hydrogens is 309 g/mol. The largest absolute Gasteiger partial charge is 0.394 e. The zero-order valence-corrected chi connectivity index (χ0v) is 14.2. The van der Waals surface area contributed by atoms with Gasteiger partial charge >= 0.3 is 0 Å². The highest BCUT2D eigenvalue weighted by molar-refractivity contribution is 6.21. The van der Waals surface area contributed by atoms with Crippen LogP contribution in [-0.2, 0) is 0 Å². The quantitative estimate of drug-likeness (QED) is 0.523. The smallest absolute Gasteiger partial charge is 0.261 e. The first kappa shape index (κ1) is 18.6. The summed E-state index contributed by atoms with van der Waals surface area (Å²) in [6, 6.07) is 5.36. The number of halogens is 1. The highest BCUT2D eigenvalue weighted by Crippen LogP contribution is 2.27. The average molecular weight is 335 g/mol. The van der Waals surface area contributed by atoms with Crippen molar-refractivity contribution in [3.8, 4) is 0 Å². The molecule has 2 amide bonds. The second-order valence-corrected chi connectivity index (χ2v) is 6.35. The van der Waals surface area contributed by atoms with Crippen LogP contribution < -0.4 is 0 Å². The molecule has 0 saturated carbocycles. The third-order valence-electron chi connectivity index (χ3n) is 4.60. The van der Waals surface area contributed by atoms with E-state index in [4.69, 9.17) is 0 Å². The zero-order valence-electron chi connectivity index (χ0n) is 14.2. The van der Waals surface area contributed by atoms with Gasteiger partial charge in [0, 0.05) is 0 Å². The van der Waals surface area contributed by atoms with Crippen LogP contribution in [0, 0.1) is 0 Å². The van der Waals surface area contributed by atoms with Crippen LogP contribution in [0.4, 0.5) is 4.39 Å². The number of aliphatic hydroxyl groups excluding tert-OH is 1. The van der Waals surface area contributed by atoms with Gasteiger partial charge in [0.2, 0.25) is 0 Å². The molecule has 0 bridgehead atoms. The Morgan fingerprint density at radius 3 is 2.08 bits per heavy atom. The Labute approximate surface area is 142 Å². The maximum atomic E-state index is 14.6. The van der Waals surface area contributed by atoms with Crippen molar-refractivity contribution in [3.63, 3.8) is 0 Å². The molecule has 0 aromatic heterocycles. The van der Waals surface area contributed by atoms with Crippen molar-refractivity contribution in [2.75, 3.05) is 6.61 Å². The first-order chi connectivity index (χ1) is 11.6. The van der Waals surface area contributed by atoms with E-state index in [1.165, 1.54) is 6.42 Å². The van der Waals surface area contributed by atoms with Crippen LogP contribution in [0.3, 0.4) is 0 Å². The standard InChI is InChI=1S/C19H26FNO3/c1-2-3-4-5-6-7-12-16(20)17(13-22)21-18(23)14-10-8-9-11-15(14)19(21)24/h8-11,16-17,22H,2-7,12-13H2,1H3/t16-,17+/m1/s1. The van der Waals surface area contributed by atoms with Crippen molar-refractivity contribution in [3.05, 3.63) is 35.4 Å². The van der Waals surface area contributed by atoms with Crippen molar-refractivity contribution in [1.82, 2.24) is 4.90 Å². The Morgan fingerprint density at radius 1 is 1.00 bits per heavy atom. The van der Waals surface area contributed by atoms with Gasteiger partial charge in [-0.3, -0.25) is 14.5 Å². The monoisotopic (exact) mass is 335 g/mol. The van der Waals surface area contributed by atoms with Crippen molar-refractivity contribution in [2.45, 2.75) is 64.1 Å². The van der Waals surface area contributed by atoms with E-state index >= 15 is 0 Å². The van der Waals surface area contributed by atoms with Crippen molar-refractivity contribution in [1.29, 1.82) is 0 Å². The van der Waals surface area contributed by atoms with Crippen LogP contribution in [0.2, 0.25) is 0 Å². The summed E-state index contributed by atoms with van der Waals surface area (Å²) in [4.78, 5) is 25.7. The Balaban J connectivity index is 1.94. The molecule has 1 aliphatic rings. The number of aliphatic hydroxyl groups is 1. The normalized spacial score (nSPS) is 16.4. The Bertz CT molecular complexity index is 540. The van der Waals surface area contributed by atoms with Crippen LogP contribution in [0.1, 0.15) is 72.6 Å². The van der Waals surface area contributed by atoms with Crippen molar-refractivity contribution < 1.29 is 19.1 Å². The second-order valence-electron chi connectivity index (χ2n) is 6.35. The molecule has 1 aromatic carbocycles. The summed E-state index contributed by atoms with van der Waals surface area (Å²) in [5, 5.41) is 9.56. The number of carbonyl (C=O) groups is 2. The summed E-state index contributed by atoms with van der Waals surface area (Å²) in [5.41, 5.74) is 0.570. The Hall–Kier alpha value is -1.75. The van der Waals surface area contributed by atoms with Gasteiger partial charge in [-0.15, -0.1) is 0 Å². The summed E-state index contributed by atoms with van der Waals surface area (Å²) in [6.07, 6.45) is 5.05. The SMILES string of the molecule is CCCCCCCC[C@@H](F)[C@H](CO)N1C(=O)c2ccccc2C1=O. The van der Waals surface area contributed by atoms with Gasteiger partial charge in [-0.25, -0.2) is 4.39 Å². The molecule has 2 rings (SSSR count). The second kappa shape index (κ2) is 8.92. The van der Waals surface area contributed by atoms with E-state index in [2.05, 4.69) is 6.92 Å². The molecule has 132 valence electrons. The van der Waals surface area contributed by atoms with Gasteiger partial charge in [0.05, 0.1) is 23.8 Å². The highest BCUT2D eigenvalue weighted by Gasteiger charge is 2.42. The van der Waals surface area contributed by atoms with E-state index in [9.17, 15) is 19.1 Å². The topological polar surface area (TPSA) is 57.6 Å². The third kappa shape index (κ3) is 4.01. The summed E-state index contributed by atoms with van der Waals surface area (Å²) >= 11 is 0. The summed E-state index contributed by atoms with van der Waals surface area (Å²) in [7, 11) is 0. The predicted octanol–water partition coefficient (Wildman–Crippen LogP) is 3.73. The van der Waals surface area contributed by atoms with E-state index in [0.29, 0.717) is 6.42 Å². The van der Waals surface area contributed by atoms with E-state index in [0.717, 1.165) is 30.6 Å². The molecule has 24 heavy (non-hydrogen) atoms. The van der Waals surface area contributed by atoms with Gasteiger partial charge < -0.3 is 5.11 Å². The van der Waals surface area contributed by atoms with Gasteiger partial charge in [-0.2, -0.15) is 0 Å². The third-order valence-corrected chi connectivity index (χ3v) is 4.60. The number of rotatable bonds is 10. The van der Waals surface area contributed by atoms with Gasteiger partial charge in [0.25, 0.3) is 11.8 Å². The molecule has 5 heteroatoms. The Morgan fingerprint density at radius 2 is 1.54 bits per heavy atom. The lowest BCUT2D eigenvalue weighted by molar-refractivity contribution is 0.0357. The van der Waals surface area contributed by atoms with Crippen LogP contribution in [0.5, 0.6) is 0 Å². The minimum Gasteiger partial charge on any atom is -0.394 e. The number of alkyl halides is 1. The maximum Gasteiger partial charge on any atom is 0.261 e. The zero-order chi connectivity index (χ0) is 17.5. The van der Waals surface area contributed by atoms with E-state index in [1.54, 1.807) is 24.3 Å². The minimum atomic E-state index is -1.40. The molecule has 1 N–H and O–H groups in total. The van der Waals surface area contributed by atoms with E-state index in [-0.39, 0.29) is 17.5 Å². The lowest BCUT2D eigenvalue weighted by Crippen LogP contribution is -2.47. The number of fused-ring (bicyclic) bond motifs is 1. The van der Waals surface area contributed by atoms with Gasteiger partial charge in [0.15, 0.2) is 0 Å². The molecule has 1 aromatic rings. The summed E-state index contributed by atoms with van der Waals surface area (Å²) in [5.74, 6) is -1.03. The number of amides is 2. The fourth-order valence-corrected chi connectivity index (χ4v) is 3.18. The van der Waals surface area contributed by atoms with Crippen LogP contribution in [0.15, 0.2) is 24.3 Å². The van der Waals surface area contributed by atoms with Crippen molar-refractivity contribution >= 4 is 11.8 Å². The number of unbranched alkanes of at least 4 members (excludes halogenated alkanes) is 5. The molecule has 0 spiro atoms. The van der Waals surface area contributed by atoms with Crippen LogP contribution >= 0.6 is 0 Å². The van der Waals surface area contributed by atoms with Crippen LogP contribution in [0.25, 0.3) is 0 Å². The number of benzene rings is 1. The van der Waals surface area contributed by atoms with E-state index in [1.807, 2.05) is 0 Å². The fourth-order valence-electron chi connectivity index (χ4n) is 3.18. The van der Waals surface area contributed by atoms with Gasteiger partial charge in [0.1, 0.15) is 6.17 Å². The molecular formula is C19H26FNO3. The first-order valence-corrected chi connectivity index (χ1v) is 8.83. The number of imide groups is 1. The molecule has 0 unspecified atom stereocenters. The summed E-state index contributed by atoms with van der Waals surface area (Å²) < 4.78 is 14.6. The molecule has 0 aliphatic carbocycles. The summed E-state index contributed by atoms with van der Waals surface area (Å²) in [6.45, 7) is 1.59. The fraction of sp³-hybridized carbons (Fsp3) is 0.579. The van der Waals surface area contributed by atoms with Crippen molar-refractivity contribution in [2.24, 2.45) is 0 Å². The number of carbonyl (C=O) groups excluding carboxylic acids is 2. The molecule has 1 aliphatic heterocycles. The molecule has 0 saturated heterocycles. The molecule has 0 radical (unpaired) electrons. The number of hydrogen-bond donors (Lipinski definition) is 1. The lowest BCUT2D eigenvalue weighted by atomic mass is 10.0. The maximum absolute atomic E-state index is 14.6.